The maximum Gasteiger partial charge on any atom is 0.306 e. The Morgan fingerprint density at radius 3 is 2.81 bits per heavy atom. The predicted octanol–water partition coefficient (Wildman–Crippen LogP) is 2.02. The quantitative estimate of drug-likeness (QED) is 0.596. The van der Waals surface area contributed by atoms with Crippen LogP contribution in [0.1, 0.15) is 30.3 Å². The van der Waals surface area contributed by atoms with E-state index in [2.05, 4.69) is 20.4 Å². The number of carbonyl (C=O) groups excluding carboxylic acids is 2. The lowest BCUT2D eigenvalue weighted by Gasteiger charge is -2.19. The Morgan fingerprint density at radius 1 is 1.23 bits per heavy atom. The number of ether oxygens (including phenoxy) is 3. The summed E-state index contributed by atoms with van der Waals surface area (Å²) in [4.78, 5) is 33.2. The Kier molecular flexibility index (Phi) is 5.70. The lowest BCUT2D eigenvalue weighted by Crippen LogP contribution is -2.30. The number of anilines is 1. The third-order valence-electron chi connectivity index (χ3n) is 5.05. The van der Waals surface area contributed by atoms with Gasteiger partial charge in [-0.1, -0.05) is 0 Å². The van der Waals surface area contributed by atoms with Crippen LogP contribution in [0.4, 0.5) is 5.69 Å². The van der Waals surface area contributed by atoms with Gasteiger partial charge in [0.05, 0.1) is 0 Å². The Balaban J connectivity index is 1.33. The van der Waals surface area contributed by atoms with Crippen molar-refractivity contribution in [3.63, 3.8) is 0 Å². The van der Waals surface area contributed by atoms with Crippen LogP contribution in [-0.2, 0) is 20.7 Å². The number of aryl methyl sites for hydroxylation is 2. The molecule has 1 amide bonds. The zero-order valence-electron chi connectivity index (χ0n) is 17.5. The van der Waals surface area contributed by atoms with Crippen LogP contribution in [0.15, 0.2) is 24.5 Å². The summed E-state index contributed by atoms with van der Waals surface area (Å²) in [6.45, 7) is 6.25. The number of esters is 1. The van der Waals surface area contributed by atoms with E-state index in [0.717, 1.165) is 17.0 Å². The molecule has 10 nitrogen and oxygen atoms in total. The van der Waals surface area contributed by atoms with E-state index in [9.17, 15) is 9.59 Å². The number of fused-ring (bicyclic) bond motifs is 2. The van der Waals surface area contributed by atoms with Crippen molar-refractivity contribution in [2.45, 2.75) is 39.7 Å². The van der Waals surface area contributed by atoms with Crippen LogP contribution >= 0.6 is 0 Å². The molecule has 0 spiro atoms. The molecule has 0 fully saturated rings. The molecule has 10 heteroatoms. The van der Waals surface area contributed by atoms with E-state index in [1.165, 1.54) is 13.3 Å². The highest BCUT2D eigenvalue weighted by molar-refractivity contribution is 5.95. The highest BCUT2D eigenvalue weighted by Gasteiger charge is 2.20. The summed E-state index contributed by atoms with van der Waals surface area (Å²) in [6.07, 6.45) is 1.04. The first-order chi connectivity index (χ1) is 14.9. The molecule has 1 N–H and O–H groups in total. The Hall–Kier alpha value is -3.69. The first-order valence-electron chi connectivity index (χ1n) is 9.98. The highest BCUT2D eigenvalue weighted by atomic mass is 16.6. The molecule has 3 heterocycles. The third-order valence-corrected chi connectivity index (χ3v) is 5.05. The number of carbonyl (C=O) groups is 2. The van der Waals surface area contributed by atoms with Crippen LogP contribution in [0, 0.1) is 13.8 Å². The molecule has 1 atom stereocenters. The van der Waals surface area contributed by atoms with Crippen molar-refractivity contribution in [3.05, 3.63) is 41.5 Å². The average Bonchev–Trinajstić information content (AvgIpc) is 3.22. The second-order valence-corrected chi connectivity index (χ2v) is 7.21. The highest BCUT2D eigenvalue weighted by Crippen LogP contribution is 2.32. The van der Waals surface area contributed by atoms with E-state index in [1.807, 2.05) is 13.8 Å². The maximum absolute atomic E-state index is 12.4. The van der Waals surface area contributed by atoms with Gasteiger partial charge in [0.2, 0.25) is 0 Å². The SMILES string of the molecule is Cc1nc2ncnn2c(C)c1CCC(=O)OC(C)C(=O)Nc1ccc2c(c1)OCCO2. The van der Waals surface area contributed by atoms with Crippen molar-refractivity contribution >= 4 is 23.3 Å². The number of rotatable bonds is 6. The van der Waals surface area contributed by atoms with Gasteiger partial charge in [0.1, 0.15) is 19.5 Å². The van der Waals surface area contributed by atoms with E-state index in [1.54, 1.807) is 22.7 Å². The van der Waals surface area contributed by atoms with Gasteiger partial charge in [-0.15, -0.1) is 0 Å². The van der Waals surface area contributed by atoms with Crippen LogP contribution < -0.4 is 14.8 Å². The Bertz CT molecular complexity index is 1140. The first kappa shape index (κ1) is 20.6. The molecular weight excluding hydrogens is 402 g/mol. The minimum Gasteiger partial charge on any atom is -0.486 e. The van der Waals surface area contributed by atoms with Crippen molar-refractivity contribution < 1.29 is 23.8 Å². The van der Waals surface area contributed by atoms with Crippen LogP contribution in [0.2, 0.25) is 0 Å². The minimum atomic E-state index is -0.946. The number of amides is 1. The summed E-state index contributed by atoms with van der Waals surface area (Å²) < 4.78 is 17.9. The third kappa shape index (κ3) is 4.42. The van der Waals surface area contributed by atoms with Crippen LogP contribution in [0.25, 0.3) is 5.78 Å². The normalized spacial score (nSPS) is 13.6. The average molecular weight is 425 g/mol. The fourth-order valence-electron chi connectivity index (χ4n) is 3.42. The molecule has 0 saturated carbocycles. The number of hydrogen-bond donors (Lipinski definition) is 1. The predicted molar refractivity (Wildman–Crippen MR) is 110 cm³/mol. The molecule has 4 rings (SSSR count). The zero-order chi connectivity index (χ0) is 22.0. The summed E-state index contributed by atoms with van der Waals surface area (Å²) in [7, 11) is 0. The molecule has 162 valence electrons. The molecule has 0 saturated heterocycles. The summed E-state index contributed by atoms with van der Waals surface area (Å²) in [5.74, 6) is 0.821. The number of benzene rings is 1. The number of aromatic nitrogens is 4. The Morgan fingerprint density at radius 2 is 2.00 bits per heavy atom. The van der Waals surface area contributed by atoms with Gasteiger partial charge in [-0.3, -0.25) is 9.59 Å². The lowest BCUT2D eigenvalue weighted by molar-refractivity contribution is -0.153. The van der Waals surface area contributed by atoms with Gasteiger partial charge >= 0.3 is 5.97 Å². The number of nitrogens with zero attached hydrogens (tertiary/aromatic N) is 4. The smallest absolute Gasteiger partial charge is 0.306 e. The molecule has 2 aromatic heterocycles. The second-order valence-electron chi connectivity index (χ2n) is 7.21. The molecule has 1 aliphatic heterocycles. The van der Waals surface area contributed by atoms with E-state index >= 15 is 0 Å². The van der Waals surface area contributed by atoms with Crippen LogP contribution in [0.3, 0.4) is 0 Å². The van der Waals surface area contributed by atoms with Crippen molar-refractivity contribution in [3.8, 4) is 11.5 Å². The van der Waals surface area contributed by atoms with E-state index in [4.69, 9.17) is 14.2 Å². The molecule has 31 heavy (non-hydrogen) atoms. The van der Waals surface area contributed by atoms with Crippen LogP contribution in [-0.4, -0.2) is 50.8 Å². The van der Waals surface area contributed by atoms with E-state index in [-0.39, 0.29) is 6.42 Å². The fraction of sp³-hybridized carbons (Fsp3) is 0.381. The minimum absolute atomic E-state index is 0.116. The van der Waals surface area contributed by atoms with Gasteiger partial charge in [0.15, 0.2) is 17.6 Å². The topological polar surface area (TPSA) is 117 Å². The summed E-state index contributed by atoms with van der Waals surface area (Å²) >= 11 is 0. The van der Waals surface area contributed by atoms with Gasteiger partial charge in [-0.2, -0.15) is 10.1 Å². The number of hydrogen-bond acceptors (Lipinski definition) is 8. The van der Waals surface area contributed by atoms with Crippen molar-refractivity contribution in [1.29, 1.82) is 0 Å². The monoisotopic (exact) mass is 425 g/mol. The van der Waals surface area contributed by atoms with Gasteiger partial charge in [-0.05, 0) is 44.9 Å². The van der Waals surface area contributed by atoms with Gasteiger partial charge < -0.3 is 19.5 Å². The first-order valence-corrected chi connectivity index (χ1v) is 9.98. The zero-order valence-corrected chi connectivity index (χ0v) is 17.5. The van der Waals surface area contributed by atoms with Crippen LogP contribution in [0.5, 0.6) is 11.5 Å². The molecule has 0 aliphatic carbocycles. The molecule has 3 aromatic rings. The van der Waals surface area contributed by atoms with Gasteiger partial charge in [0, 0.05) is 29.6 Å². The second kappa shape index (κ2) is 8.58. The molecule has 0 radical (unpaired) electrons. The van der Waals surface area contributed by atoms with E-state index < -0.39 is 18.0 Å². The van der Waals surface area contributed by atoms with Crippen molar-refractivity contribution in [2.75, 3.05) is 18.5 Å². The molecule has 1 unspecified atom stereocenters. The van der Waals surface area contributed by atoms with Gasteiger partial charge in [0.25, 0.3) is 11.7 Å². The molecule has 1 aliphatic rings. The van der Waals surface area contributed by atoms with E-state index in [0.29, 0.717) is 42.6 Å². The lowest BCUT2D eigenvalue weighted by atomic mass is 10.1. The molecular formula is C21H23N5O5. The number of nitrogens with one attached hydrogen (secondary N) is 1. The van der Waals surface area contributed by atoms with Crippen molar-refractivity contribution in [1.82, 2.24) is 19.6 Å². The summed E-state index contributed by atoms with van der Waals surface area (Å²) in [5.41, 5.74) is 3.10. The maximum atomic E-state index is 12.4. The molecule has 0 bridgehead atoms. The van der Waals surface area contributed by atoms with Crippen molar-refractivity contribution in [2.24, 2.45) is 0 Å². The largest absolute Gasteiger partial charge is 0.486 e. The summed E-state index contributed by atoms with van der Waals surface area (Å²) in [5, 5.41) is 6.87. The summed E-state index contributed by atoms with van der Waals surface area (Å²) in [6, 6.07) is 5.12. The standard InChI is InChI=1S/C21H23N5O5/c1-12-16(13(2)26-21(24-12)22-11-23-26)5-7-19(27)31-14(3)20(28)25-15-4-6-17-18(10-15)30-9-8-29-17/h4,6,10-11,14H,5,7-9H2,1-3H3,(H,25,28). The fourth-order valence-corrected chi connectivity index (χ4v) is 3.42. The Labute approximate surface area is 178 Å². The molecule has 1 aromatic carbocycles. The van der Waals surface area contributed by atoms with Gasteiger partial charge in [-0.25, -0.2) is 9.50 Å².